The summed E-state index contributed by atoms with van der Waals surface area (Å²) in [5, 5.41) is 9.67. The molecular weight excluding hydrogens is 205 g/mol. The van der Waals surface area contributed by atoms with E-state index in [0.717, 1.165) is 0 Å². The van der Waals surface area contributed by atoms with Crippen LogP contribution in [0.1, 0.15) is 24.2 Å². The van der Waals surface area contributed by atoms with Crippen LogP contribution in [0.2, 0.25) is 5.02 Å². The van der Waals surface area contributed by atoms with E-state index in [9.17, 15) is 9.50 Å². The van der Waals surface area contributed by atoms with Crippen LogP contribution in [0.15, 0.2) is 12.1 Å². The molecule has 1 aromatic rings. The fraction of sp³-hybridized carbons (Fsp3) is 0.400. The van der Waals surface area contributed by atoms with Crippen molar-refractivity contribution in [2.75, 3.05) is 0 Å². The molecule has 0 aromatic heterocycles. The van der Waals surface area contributed by atoms with Crippen molar-refractivity contribution in [3.05, 3.63) is 34.1 Å². The van der Waals surface area contributed by atoms with Crippen molar-refractivity contribution >= 4 is 11.6 Å². The molecule has 0 saturated carbocycles. The minimum atomic E-state index is -1.02. The normalized spacial score (nSPS) is 15.3. The highest BCUT2D eigenvalue weighted by atomic mass is 35.5. The van der Waals surface area contributed by atoms with Crippen LogP contribution in [-0.2, 0) is 0 Å². The van der Waals surface area contributed by atoms with Crippen molar-refractivity contribution in [3.63, 3.8) is 0 Å². The van der Waals surface area contributed by atoms with Crippen LogP contribution in [0.4, 0.5) is 4.39 Å². The fourth-order valence-electron chi connectivity index (χ4n) is 1.29. The summed E-state index contributed by atoms with van der Waals surface area (Å²) >= 11 is 5.61. The molecule has 0 fully saturated rings. The van der Waals surface area contributed by atoms with Crippen LogP contribution < -0.4 is 5.73 Å². The molecule has 78 valence electrons. The molecule has 14 heavy (non-hydrogen) atoms. The van der Waals surface area contributed by atoms with E-state index >= 15 is 0 Å². The fourth-order valence-corrected chi connectivity index (χ4v) is 1.45. The Kier molecular flexibility index (Phi) is 3.48. The van der Waals surface area contributed by atoms with E-state index in [1.807, 2.05) is 0 Å². The molecule has 0 aliphatic heterocycles. The molecule has 0 heterocycles. The highest BCUT2D eigenvalue weighted by Gasteiger charge is 2.20. The molecule has 2 atom stereocenters. The average Bonchev–Trinajstić information content (AvgIpc) is 2.12. The molecule has 0 aliphatic carbocycles. The number of hydrogen-bond donors (Lipinski definition) is 2. The SMILES string of the molecule is Cc1ccc(Cl)c(F)c1C(O)C(C)N. The molecule has 0 saturated heterocycles. The second kappa shape index (κ2) is 4.26. The first-order valence-electron chi connectivity index (χ1n) is 4.33. The maximum atomic E-state index is 13.5. The van der Waals surface area contributed by atoms with Gasteiger partial charge in [0.05, 0.1) is 11.1 Å². The summed E-state index contributed by atoms with van der Waals surface area (Å²) < 4.78 is 13.5. The molecule has 3 N–H and O–H groups in total. The first kappa shape index (κ1) is 11.4. The van der Waals surface area contributed by atoms with Gasteiger partial charge in [0.25, 0.3) is 0 Å². The second-order valence-electron chi connectivity index (χ2n) is 3.40. The molecule has 0 amide bonds. The van der Waals surface area contributed by atoms with Gasteiger partial charge in [-0.3, -0.25) is 0 Å². The van der Waals surface area contributed by atoms with Gasteiger partial charge < -0.3 is 10.8 Å². The molecule has 4 heteroatoms. The molecule has 1 rings (SSSR count). The summed E-state index contributed by atoms with van der Waals surface area (Å²) in [6.45, 7) is 3.32. The molecule has 0 aliphatic rings. The van der Waals surface area contributed by atoms with Crippen molar-refractivity contribution in [3.8, 4) is 0 Å². The molecule has 0 spiro atoms. The Morgan fingerprint density at radius 1 is 1.50 bits per heavy atom. The van der Waals surface area contributed by atoms with Crippen molar-refractivity contribution in [2.24, 2.45) is 5.73 Å². The second-order valence-corrected chi connectivity index (χ2v) is 3.80. The van der Waals surface area contributed by atoms with Gasteiger partial charge >= 0.3 is 0 Å². The summed E-state index contributed by atoms with van der Waals surface area (Å²) in [7, 11) is 0. The van der Waals surface area contributed by atoms with Gasteiger partial charge in [-0.15, -0.1) is 0 Å². The Balaban J connectivity index is 3.25. The molecule has 0 bridgehead atoms. The smallest absolute Gasteiger partial charge is 0.147 e. The van der Waals surface area contributed by atoms with Gasteiger partial charge in [0.1, 0.15) is 5.82 Å². The van der Waals surface area contributed by atoms with Gasteiger partial charge in [0.2, 0.25) is 0 Å². The Hall–Kier alpha value is -0.640. The minimum Gasteiger partial charge on any atom is -0.387 e. The standard InChI is InChI=1S/C10H13ClFNO/c1-5-3-4-7(11)9(12)8(5)10(14)6(2)13/h3-4,6,10,14H,13H2,1-2H3. The van der Waals surface area contributed by atoms with E-state index in [-0.39, 0.29) is 10.6 Å². The van der Waals surface area contributed by atoms with Gasteiger partial charge in [-0.2, -0.15) is 0 Å². The lowest BCUT2D eigenvalue weighted by Crippen LogP contribution is -2.25. The lowest BCUT2D eigenvalue weighted by molar-refractivity contribution is 0.148. The van der Waals surface area contributed by atoms with Crippen LogP contribution in [0.3, 0.4) is 0 Å². The number of aliphatic hydroxyl groups is 1. The zero-order valence-corrected chi connectivity index (χ0v) is 8.85. The largest absolute Gasteiger partial charge is 0.387 e. The summed E-state index contributed by atoms with van der Waals surface area (Å²) in [5.41, 5.74) is 6.33. The minimum absolute atomic E-state index is 0.00491. The molecular formula is C10H13ClFNO. The number of halogens is 2. The van der Waals surface area contributed by atoms with Gasteiger partial charge in [0.15, 0.2) is 0 Å². The quantitative estimate of drug-likeness (QED) is 0.798. The van der Waals surface area contributed by atoms with Crippen LogP contribution in [0, 0.1) is 12.7 Å². The monoisotopic (exact) mass is 217 g/mol. The predicted molar refractivity (Wildman–Crippen MR) is 54.8 cm³/mol. The number of rotatable bonds is 2. The summed E-state index contributed by atoms with van der Waals surface area (Å²) in [6, 6.07) is 2.59. The van der Waals surface area contributed by atoms with Gasteiger partial charge in [-0.1, -0.05) is 17.7 Å². The third kappa shape index (κ3) is 2.05. The highest BCUT2D eigenvalue weighted by molar-refractivity contribution is 6.30. The third-order valence-electron chi connectivity index (χ3n) is 2.14. The Morgan fingerprint density at radius 3 is 2.57 bits per heavy atom. The average molecular weight is 218 g/mol. The van der Waals surface area contributed by atoms with E-state index in [1.54, 1.807) is 19.9 Å². The molecule has 1 aromatic carbocycles. The van der Waals surface area contributed by atoms with E-state index in [2.05, 4.69) is 0 Å². The number of nitrogens with two attached hydrogens (primary N) is 1. The van der Waals surface area contributed by atoms with E-state index in [1.165, 1.54) is 6.07 Å². The van der Waals surface area contributed by atoms with E-state index in [0.29, 0.717) is 5.56 Å². The van der Waals surface area contributed by atoms with Crippen molar-refractivity contribution in [2.45, 2.75) is 26.0 Å². The van der Waals surface area contributed by atoms with Crippen molar-refractivity contribution in [1.29, 1.82) is 0 Å². The maximum absolute atomic E-state index is 13.5. The first-order valence-corrected chi connectivity index (χ1v) is 4.71. The van der Waals surface area contributed by atoms with Crippen LogP contribution >= 0.6 is 11.6 Å². The Labute approximate surface area is 87.5 Å². The summed E-state index contributed by atoms with van der Waals surface area (Å²) in [5.74, 6) is -0.587. The highest BCUT2D eigenvalue weighted by Crippen LogP contribution is 2.27. The van der Waals surface area contributed by atoms with Crippen molar-refractivity contribution in [1.82, 2.24) is 0 Å². The van der Waals surface area contributed by atoms with E-state index < -0.39 is 18.0 Å². The van der Waals surface area contributed by atoms with Crippen LogP contribution in [0.5, 0.6) is 0 Å². The van der Waals surface area contributed by atoms with Gasteiger partial charge in [-0.25, -0.2) is 4.39 Å². The number of aryl methyl sites for hydroxylation is 1. The van der Waals surface area contributed by atoms with E-state index in [4.69, 9.17) is 17.3 Å². The van der Waals surface area contributed by atoms with Gasteiger partial charge in [0, 0.05) is 11.6 Å². The Morgan fingerprint density at radius 2 is 2.07 bits per heavy atom. The first-order chi connectivity index (χ1) is 6.45. The van der Waals surface area contributed by atoms with Gasteiger partial charge in [-0.05, 0) is 25.5 Å². The number of benzene rings is 1. The summed E-state index contributed by atoms with van der Waals surface area (Å²) in [6.07, 6.45) is -1.02. The molecule has 2 nitrogen and oxygen atoms in total. The lowest BCUT2D eigenvalue weighted by atomic mass is 9.98. The third-order valence-corrected chi connectivity index (χ3v) is 2.44. The van der Waals surface area contributed by atoms with Crippen LogP contribution in [-0.4, -0.2) is 11.1 Å². The van der Waals surface area contributed by atoms with Crippen molar-refractivity contribution < 1.29 is 9.50 Å². The molecule has 2 unspecified atom stereocenters. The zero-order chi connectivity index (χ0) is 10.9. The Bertz CT molecular complexity index is 341. The zero-order valence-electron chi connectivity index (χ0n) is 8.09. The summed E-state index contributed by atoms with van der Waals surface area (Å²) in [4.78, 5) is 0. The maximum Gasteiger partial charge on any atom is 0.147 e. The lowest BCUT2D eigenvalue weighted by Gasteiger charge is -2.18. The predicted octanol–water partition coefficient (Wildman–Crippen LogP) is 2.17. The number of hydrogen-bond acceptors (Lipinski definition) is 2. The topological polar surface area (TPSA) is 46.2 Å². The molecule has 0 radical (unpaired) electrons. The number of aliphatic hydroxyl groups excluding tert-OH is 1. The van der Waals surface area contributed by atoms with Crippen LogP contribution in [0.25, 0.3) is 0 Å².